The minimum atomic E-state index is -0.385. The van der Waals surface area contributed by atoms with Gasteiger partial charge >= 0.3 is 5.97 Å². The molecular formula is C15H22O2. The van der Waals surface area contributed by atoms with Crippen molar-refractivity contribution in [2.75, 3.05) is 7.11 Å². The van der Waals surface area contributed by atoms with E-state index in [1.807, 2.05) is 32.0 Å². The van der Waals surface area contributed by atoms with E-state index in [2.05, 4.69) is 19.1 Å². The van der Waals surface area contributed by atoms with Gasteiger partial charge in [0.25, 0.3) is 0 Å². The highest BCUT2D eigenvalue weighted by Gasteiger charge is 2.34. The van der Waals surface area contributed by atoms with Crippen molar-refractivity contribution < 1.29 is 9.53 Å². The third kappa shape index (κ3) is 3.32. The van der Waals surface area contributed by atoms with Gasteiger partial charge in [-0.3, -0.25) is 4.79 Å². The van der Waals surface area contributed by atoms with E-state index in [4.69, 9.17) is 4.74 Å². The molecule has 0 N–H and O–H groups in total. The van der Waals surface area contributed by atoms with Crippen molar-refractivity contribution >= 4 is 5.97 Å². The average molecular weight is 234 g/mol. The molecule has 2 heteroatoms. The quantitative estimate of drug-likeness (QED) is 0.725. The van der Waals surface area contributed by atoms with Crippen LogP contribution in [0.1, 0.15) is 45.1 Å². The first-order chi connectivity index (χ1) is 8.03. The predicted octanol–water partition coefficient (Wildman–Crippen LogP) is 3.77. The lowest BCUT2D eigenvalue weighted by molar-refractivity contribution is -0.152. The molecule has 1 aromatic carbocycles. The Bertz CT molecular complexity index is 358. The van der Waals surface area contributed by atoms with Crippen molar-refractivity contribution in [2.45, 2.75) is 39.5 Å². The molecule has 0 aliphatic heterocycles. The second-order valence-corrected chi connectivity index (χ2v) is 4.92. The summed E-state index contributed by atoms with van der Waals surface area (Å²) in [6, 6.07) is 10.3. The molecule has 1 rings (SSSR count). The van der Waals surface area contributed by atoms with Gasteiger partial charge in [-0.25, -0.2) is 0 Å². The number of hydrogen-bond acceptors (Lipinski definition) is 2. The monoisotopic (exact) mass is 234 g/mol. The maximum atomic E-state index is 11.8. The van der Waals surface area contributed by atoms with Gasteiger partial charge in [0.1, 0.15) is 0 Å². The smallest absolute Gasteiger partial charge is 0.311 e. The fourth-order valence-corrected chi connectivity index (χ4v) is 2.19. The van der Waals surface area contributed by atoms with Crippen LogP contribution in [0.25, 0.3) is 0 Å². The topological polar surface area (TPSA) is 26.3 Å². The van der Waals surface area contributed by atoms with Gasteiger partial charge in [-0.2, -0.15) is 0 Å². The molecule has 0 fully saturated rings. The first-order valence-corrected chi connectivity index (χ1v) is 6.17. The number of carbonyl (C=O) groups excluding carboxylic acids is 1. The van der Waals surface area contributed by atoms with Crippen molar-refractivity contribution in [3.8, 4) is 0 Å². The van der Waals surface area contributed by atoms with Gasteiger partial charge in [0.05, 0.1) is 12.5 Å². The lowest BCUT2D eigenvalue weighted by Crippen LogP contribution is -2.30. The lowest BCUT2D eigenvalue weighted by Gasteiger charge is -2.28. The van der Waals surface area contributed by atoms with Crippen LogP contribution >= 0.6 is 0 Å². The van der Waals surface area contributed by atoms with Crippen LogP contribution in [0, 0.1) is 5.41 Å². The fourth-order valence-electron chi connectivity index (χ4n) is 2.19. The molecule has 0 bridgehead atoms. The van der Waals surface area contributed by atoms with Gasteiger partial charge in [0.15, 0.2) is 0 Å². The summed E-state index contributed by atoms with van der Waals surface area (Å²) >= 11 is 0. The molecule has 2 atom stereocenters. The van der Waals surface area contributed by atoms with Crippen LogP contribution < -0.4 is 0 Å². The molecule has 17 heavy (non-hydrogen) atoms. The molecule has 0 amide bonds. The van der Waals surface area contributed by atoms with Crippen LogP contribution in [0.4, 0.5) is 0 Å². The third-order valence-corrected chi connectivity index (χ3v) is 3.58. The average Bonchev–Trinajstić information content (AvgIpc) is 2.38. The molecule has 2 unspecified atom stereocenters. The Morgan fingerprint density at radius 2 is 1.94 bits per heavy atom. The number of rotatable bonds is 5. The minimum absolute atomic E-state index is 0.109. The molecule has 0 aromatic heterocycles. The second kappa shape index (κ2) is 5.85. The lowest BCUT2D eigenvalue weighted by atomic mass is 9.77. The summed E-state index contributed by atoms with van der Waals surface area (Å²) < 4.78 is 4.90. The van der Waals surface area contributed by atoms with Crippen LogP contribution in [-0.2, 0) is 9.53 Å². The van der Waals surface area contributed by atoms with E-state index in [-0.39, 0.29) is 11.4 Å². The molecule has 0 aliphatic rings. The maximum absolute atomic E-state index is 11.8. The number of methoxy groups -OCH3 is 1. The van der Waals surface area contributed by atoms with Crippen molar-refractivity contribution in [3.05, 3.63) is 35.9 Å². The molecule has 1 aromatic rings. The van der Waals surface area contributed by atoms with E-state index in [9.17, 15) is 4.79 Å². The zero-order valence-electron chi connectivity index (χ0n) is 11.2. The van der Waals surface area contributed by atoms with E-state index in [0.717, 1.165) is 12.8 Å². The largest absolute Gasteiger partial charge is 0.469 e. The van der Waals surface area contributed by atoms with Gasteiger partial charge < -0.3 is 4.74 Å². The van der Waals surface area contributed by atoms with E-state index in [1.54, 1.807) is 0 Å². The van der Waals surface area contributed by atoms with Crippen LogP contribution in [0.15, 0.2) is 30.3 Å². The minimum Gasteiger partial charge on any atom is -0.469 e. The molecular weight excluding hydrogens is 212 g/mol. The Hall–Kier alpha value is -1.31. The van der Waals surface area contributed by atoms with Crippen LogP contribution in [-0.4, -0.2) is 13.1 Å². The molecule has 0 saturated carbocycles. The Morgan fingerprint density at radius 3 is 2.41 bits per heavy atom. The highest BCUT2D eigenvalue weighted by atomic mass is 16.5. The number of hydrogen-bond donors (Lipinski definition) is 0. The van der Waals surface area contributed by atoms with E-state index >= 15 is 0 Å². The first kappa shape index (κ1) is 13.8. The molecule has 2 nitrogen and oxygen atoms in total. The van der Waals surface area contributed by atoms with Gasteiger partial charge in [-0.15, -0.1) is 0 Å². The summed E-state index contributed by atoms with van der Waals surface area (Å²) in [4.78, 5) is 11.8. The Labute approximate surface area is 104 Å². The van der Waals surface area contributed by atoms with Crippen molar-refractivity contribution in [2.24, 2.45) is 5.41 Å². The standard InChI is InChI=1S/C15H22O2/c1-5-15(3,14(16)17-4)11-12(2)13-9-7-6-8-10-13/h6-10,12H,5,11H2,1-4H3. The highest BCUT2D eigenvalue weighted by Crippen LogP contribution is 2.35. The van der Waals surface area contributed by atoms with E-state index < -0.39 is 0 Å². The van der Waals surface area contributed by atoms with Crippen LogP contribution in [0.5, 0.6) is 0 Å². The second-order valence-electron chi connectivity index (χ2n) is 4.92. The summed E-state index contributed by atoms with van der Waals surface area (Å²) in [5.74, 6) is 0.253. The van der Waals surface area contributed by atoms with Crippen molar-refractivity contribution in [1.82, 2.24) is 0 Å². The summed E-state index contributed by atoms with van der Waals surface area (Å²) in [5, 5.41) is 0. The number of benzene rings is 1. The van der Waals surface area contributed by atoms with Gasteiger partial charge in [0.2, 0.25) is 0 Å². The van der Waals surface area contributed by atoms with Gasteiger partial charge in [-0.05, 0) is 31.2 Å². The van der Waals surface area contributed by atoms with Gasteiger partial charge in [0, 0.05) is 0 Å². The number of esters is 1. The summed E-state index contributed by atoms with van der Waals surface area (Å²) in [6.07, 6.45) is 1.62. The summed E-state index contributed by atoms with van der Waals surface area (Å²) in [5.41, 5.74) is 0.889. The predicted molar refractivity (Wildman–Crippen MR) is 69.9 cm³/mol. The van der Waals surface area contributed by atoms with E-state index in [0.29, 0.717) is 5.92 Å². The Kier molecular flexibility index (Phi) is 4.73. The first-order valence-electron chi connectivity index (χ1n) is 6.17. The summed E-state index contributed by atoms with van der Waals surface area (Å²) in [7, 11) is 1.46. The molecule has 0 spiro atoms. The van der Waals surface area contributed by atoms with Crippen LogP contribution in [0.3, 0.4) is 0 Å². The van der Waals surface area contributed by atoms with Gasteiger partial charge in [-0.1, -0.05) is 44.2 Å². The number of carbonyl (C=O) groups is 1. The molecule has 0 aliphatic carbocycles. The third-order valence-electron chi connectivity index (χ3n) is 3.58. The molecule has 94 valence electrons. The molecule has 0 saturated heterocycles. The zero-order chi connectivity index (χ0) is 12.9. The SMILES string of the molecule is CCC(C)(CC(C)c1ccccc1)C(=O)OC. The Balaban J connectivity index is 2.79. The maximum Gasteiger partial charge on any atom is 0.311 e. The molecule has 0 radical (unpaired) electrons. The normalized spacial score (nSPS) is 16.0. The summed E-state index contributed by atoms with van der Waals surface area (Å²) in [6.45, 7) is 6.18. The number of ether oxygens (including phenoxy) is 1. The van der Waals surface area contributed by atoms with E-state index in [1.165, 1.54) is 12.7 Å². The Morgan fingerprint density at radius 1 is 1.35 bits per heavy atom. The van der Waals surface area contributed by atoms with Crippen LogP contribution in [0.2, 0.25) is 0 Å². The van der Waals surface area contributed by atoms with Crippen molar-refractivity contribution in [3.63, 3.8) is 0 Å². The van der Waals surface area contributed by atoms with Crippen molar-refractivity contribution in [1.29, 1.82) is 0 Å². The fraction of sp³-hybridized carbons (Fsp3) is 0.533. The zero-order valence-corrected chi connectivity index (χ0v) is 11.2. The molecule has 0 heterocycles. The highest BCUT2D eigenvalue weighted by molar-refractivity contribution is 5.76.